The van der Waals surface area contributed by atoms with Gasteiger partial charge in [-0.3, -0.25) is 14.3 Å². The van der Waals surface area contributed by atoms with Crippen LogP contribution in [-0.4, -0.2) is 31.7 Å². The maximum atomic E-state index is 13.1. The van der Waals surface area contributed by atoms with Crippen LogP contribution in [0.4, 0.5) is 5.69 Å². The van der Waals surface area contributed by atoms with Crippen molar-refractivity contribution in [2.45, 2.75) is 39.0 Å². The second kappa shape index (κ2) is 7.31. The van der Waals surface area contributed by atoms with Crippen molar-refractivity contribution in [3.05, 3.63) is 52.8 Å². The summed E-state index contributed by atoms with van der Waals surface area (Å²) in [5.41, 5.74) is 4.63. The van der Waals surface area contributed by atoms with Gasteiger partial charge >= 0.3 is 5.97 Å². The number of rotatable bonds is 6. The molecule has 1 aliphatic carbocycles. The van der Waals surface area contributed by atoms with Crippen molar-refractivity contribution in [3.63, 3.8) is 0 Å². The van der Waals surface area contributed by atoms with Crippen molar-refractivity contribution in [2.75, 3.05) is 5.32 Å². The second-order valence-corrected chi connectivity index (χ2v) is 7.87. The summed E-state index contributed by atoms with van der Waals surface area (Å²) in [7, 11) is 1.84. The molecular formula is C22H24N4O3. The number of aryl methyl sites for hydroxylation is 2. The zero-order valence-corrected chi connectivity index (χ0v) is 16.8. The molecule has 0 spiro atoms. The maximum Gasteiger partial charge on any atom is 0.306 e. The molecule has 1 fully saturated rings. The first-order valence-corrected chi connectivity index (χ1v) is 9.81. The second-order valence-electron chi connectivity index (χ2n) is 7.87. The highest BCUT2D eigenvalue weighted by Gasteiger charge is 2.28. The molecule has 1 saturated carbocycles. The lowest BCUT2D eigenvalue weighted by Crippen LogP contribution is -2.14. The van der Waals surface area contributed by atoms with Gasteiger partial charge in [0, 0.05) is 24.3 Å². The van der Waals surface area contributed by atoms with Crippen LogP contribution in [0.3, 0.4) is 0 Å². The molecule has 2 N–H and O–H groups in total. The Labute approximate surface area is 168 Å². The van der Waals surface area contributed by atoms with Gasteiger partial charge in [-0.15, -0.1) is 0 Å². The minimum absolute atomic E-state index is 0.193. The molecule has 150 valence electrons. The van der Waals surface area contributed by atoms with Gasteiger partial charge in [0.15, 0.2) is 5.65 Å². The Bertz CT molecular complexity index is 1100. The van der Waals surface area contributed by atoms with E-state index >= 15 is 0 Å². The summed E-state index contributed by atoms with van der Waals surface area (Å²) in [5, 5.41) is 17.2. The number of amides is 1. The van der Waals surface area contributed by atoms with Gasteiger partial charge in [0.05, 0.1) is 22.6 Å². The summed E-state index contributed by atoms with van der Waals surface area (Å²) in [4.78, 5) is 28.8. The Hall–Kier alpha value is -3.22. The number of aliphatic carboxylic acids is 1. The number of fused-ring (bicyclic) bond motifs is 1. The Balaban J connectivity index is 1.60. The molecule has 2 heterocycles. The summed E-state index contributed by atoms with van der Waals surface area (Å²) < 4.78 is 1.73. The van der Waals surface area contributed by atoms with Crippen LogP contribution in [0.15, 0.2) is 30.3 Å². The first kappa shape index (κ1) is 19.1. The summed E-state index contributed by atoms with van der Waals surface area (Å²) >= 11 is 0. The first-order valence-electron chi connectivity index (χ1n) is 9.81. The van der Waals surface area contributed by atoms with Crippen LogP contribution in [0.1, 0.15) is 53.0 Å². The molecule has 1 amide bonds. The van der Waals surface area contributed by atoms with E-state index in [9.17, 15) is 9.59 Å². The number of carbonyl (C=O) groups is 2. The number of nitrogens with one attached hydrogen (secondary N) is 1. The monoisotopic (exact) mass is 392 g/mol. The van der Waals surface area contributed by atoms with Gasteiger partial charge in [0.25, 0.3) is 5.91 Å². The number of pyridine rings is 1. The lowest BCUT2D eigenvalue weighted by Gasteiger charge is -2.10. The topological polar surface area (TPSA) is 97.1 Å². The van der Waals surface area contributed by atoms with E-state index in [-0.39, 0.29) is 5.91 Å². The fourth-order valence-corrected chi connectivity index (χ4v) is 3.59. The van der Waals surface area contributed by atoms with E-state index in [4.69, 9.17) is 10.1 Å². The Morgan fingerprint density at radius 1 is 1.28 bits per heavy atom. The summed E-state index contributed by atoms with van der Waals surface area (Å²) in [6.45, 7) is 3.57. The molecule has 0 saturated heterocycles. The van der Waals surface area contributed by atoms with Gasteiger partial charge in [0.1, 0.15) is 0 Å². The fourth-order valence-electron chi connectivity index (χ4n) is 3.59. The van der Waals surface area contributed by atoms with Crippen molar-refractivity contribution in [1.29, 1.82) is 0 Å². The maximum absolute atomic E-state index is 13.1. The van der Waals surface area contributed by atoms with Crippen molar-refractivity contribution >= 4 is 28.6 Å². The highest BCUT2D eigenvalue weighted by atomic mass is 16.4. The molecular weight excluding hydrogens is 368 g/mol. The quantitative estimate of drug-likeness (QED) is 0.667. The van der Waals surface area contributed by atoms with Crippen LogP contribution in [0.25, 0.3) is 11.0 Å². The summed E-state index contributed by atoms with van der Waals surface area (Å²) in [6, 6.07) is 9.20. The highest BCUT2D eigenvalue weighted by molar-refractivity contribution is 6.12. The largest absolute Gasteiger partial charge is 0.481 e. The average molecular weight is 392 g/mol. The summed E-state index contributed by atoms with van der Waals surface area (Å²) in [5.74, 6) is -1.03. The van der Waals surface area contributed by atoms with E-state index in [0.29, 0.717) is 23.6 Å². The van der Waals surface area contributed by atoms with Crippen molar-refractivity contribution in [3.8, 4) is 0 Å². The van der Waals surface area contributed by atoms with Crippen LogP contribution in [0.5, 0.6) is 0 Å². The minimum Gasteiger partial charge on any atom is -0.481 e. The van der Waals surface area contributed by atoms with Gasteiger partial charge in [0.2, 0.25) is 0 Å². The number of carboxylic acids is 1. The summed E-state index contributed by atoms with van der Waals surface area (Å²) in [6.07, 6.45) is 2.66. The third-order valence-corrected chi connectivity index (χ3v) is 5.40. The lowest BCUT2D eigenvalue weighted by atomic mass is 10.0. The van der Waals surface area contributed by atoms with Crippen LogP contribution < -0.4 is 5.32 Å². The molecule has 0 radical (unpaired) electrons. The molecule has 4 rings (SSSR count). The van der Waals surface area contributed by atoms with Crippen LogP contribution in [-0.2, 0) is 18.3 Å². The van der Waals surface area contributed by atoms with Crippen molar-refractivity contribution < 1.29 is 14.7 Å². The zero-order chi connectivity index (χ0) is 20.7. The molecule has 7 nitrogen and oxygen atoms in total. The van der Waals surface area contributed by atoms with Crippen LogP contribution >= 0.6 is 0 Å². The number of carboxylic acid groups (broad SMARTS) is 1. The molecule has 0 aliphatic heterocycles. The predicted octanol–water partition coefficient (Wildman–Crippen LogP) is 3.67. The van der Waals surface area contributed by atoms with Gasteiger partial charge in [-0.2, -0.15) is 5.10 Å². The van der Waals surface area contributed by atoms with Crippen molar-refractivity contribution in [2.24, 2.45) is 13.0 Å². The molecule has 7 heteroatoms. The van der Waals surface area contributed by atoms with E-state index < -0.39 is 11.9 Å². The Morgan fingerprint density at radius 2 is 1.97 bits per heavy atom. The Morgan fingerprint density at radius 3 is 2.59 bits per heavy atom. The smallest absolute Gasteiger partial charge is 0.306 e. The van der Waals surface area contributed by atoms with E-state index in [1.165, 1.54) is 0 Å². The van der Waals surface area contributed by atoms with E-state index in [2.05, 4.69) is 10.4 Å². The highest BCUT2D eigenvalue weighted by Crippen LogP contribution is 2.40. The molecule has 1 aliphatic rings. The average Bonchev–Trinajstić information content (AvgIpc) is 3.49. The van der Waals surface area contributed by atoms with Gasteiger partial charge in [-0.05, 0) is 49.9 Å². The van der Waals surface area contributed by atoms with Crippen molar-refractivity contribution in [1.82, 2.24) is 14.8 Å². The third-order valence-electron chi connectivity index (χ3n) is 5.40. The number of anilines is 1. The molecule has 1 aromatic carbocycles. The standard InChI is InChI=1S/C22H24N4O3/c1-12(22(28)29)10-14-4-8-16(9-5-14)23-21(27)17-11-18(15-6-7-15)24-20-19(17)13(2)25-26(20)3/h4-5,8-9,11-12,15H,6-7,10H2,1-3H3,(H,23,27)(H,28,29). The SMILES string of the molecule is Cc1nn(C)c2nc(C3CC3)cc(C(=O)Nc3ccc(CC(C)C(=O)O)cc3)c12. The Kier molecular flexibility index (Phi) is 4.82. The molecule has 1 unspecified atom stereocenters. The normalized spacial score (nSPS) is 14.7. The molecule has 2 aromatic heterocycles. The van der Waals surface area contributed by atoms with Crippen LogP contribution in [0.2, 0.25) is 0 Å². The van der Waals surface area contributed by atoms with Gasteiger partial charge in [-0.1, -0.05) is 19.1 Å². The number of hydrogen-bond donors (Lipinski definition) is 2. The third kappa shape index (κ3) is 3.85. The van der Waals surface area contributed by atoms with E-state index in [0.717, 1.165) is 40.8 Å². The van der Waals surface area contributed by atoms with Crippen LogP contribution in [0, 0.1) is 12.8 Å². The molecule has 0 bridgehead atoms. The number of nitrogens with zero attached hydrogens (tertiary/aromatic N) is 3. The van der Waals surface area contributed by atoms with E-state index in [1.807, 2.05) is 32.2 Å². The number of hydrogen-bond acceptors (Lipinski definition) is 4. The molecule has 1 atom stereocenters. The number of aromatic nitrogens is 3. The first-order chi connectivity index (χ1) is 13.8. The van der Waals surface area contributed by atoms with E-state index in [1.54, 1.807) is 23.7 Å². The molecule has 3 aromatic rings. The lowest BCUT2D eigenvalue weighted by molar-refractivity contribution is -0.141. The number of carbonyl (C=O) groups excluding carboxylic acids is 1. The predicted molar refractivity (Wildman–Crippen MR) is 110 cm³/mol. The zero-order valence-electron chi connectivity index (χ0n) is 16.8. The number of benzene rings is 1. The van der Waals surface area contributed by atoms with Gasteiger partial charge < -0.3 is 10.4 Å². The van der Waals surface area contributed by atoms with Gasteiger partial charge in [-0.25, -0.2) is 4.98 Å². The fraction of sp³-hybridized carbons (Fsp3) is 0.364. The molecule has 29 heavy (non-hydrogen) atoms. The minimum atomic E-state index is -0.817.